The fourth-order valence-corrected chi connectivity index (χ4v) is 1.53. The monoisotopic (exact) mass is 248 g/mol. The van der Waals surface area contributed by atoms with E-state index in [2.05, 4.69) is 15.1 Å². The van der Waals surface area contributed by atoms with E-state index >= 15 is 0 Å². The van der Waals surface area contributed by atoms with Crippen LogP contribution >= 0.6 is 0 Å². The topological polar surface area (TPSA) is 87.1 Å². The summed E-state index contributed by atoms with van der Waals surface area (Å²) in [4.78, 5) is 8.27. The highest BCUT2D eigenvalue weighted by Gasteiger charge is 2.30. The molecule has 2 rings (SSSR count). The van der Waals surface area contributed by atoms with Crippen LogP contribution in [-0.2, 0) is 10.3 Å². The van der Waals surface area contributed by atoms with Gasteiger partial charge in [-0.2, -0.15) is 4.98 Å². The molecule has 0 amide bonds. The summed E-state index contributed by atoms with van der Waals surface area (Å²) in [6.07, 6.45) is 2.35. The zero-order chi connectivity index (χ0) is 13.2. The Balaban J connectivity index is 2.36. The van der Waals surface area contributed by atoms with Crippen molar-refractivity contribution in [2.75, 3.05) is 12.8 Å². The lowest BCUT2D eigenvalue weighted by Crippen LogP contribution is -2.24. The van der Waals surface area contributed by atoms with Gasteiger partial charge in [0.1, 0.15) is 11.4 Å². The summed E-state index contributed by atoms with van der Waals surface area (Å²) < 4.78 is 10.7. The van der Waals surface area contributed by atoms with E-state index in [9.17, 15) is 0 Å². The van der Waals surface area contributed by atoms with E-state index in [0.717, 1.165) is 12.0 Å². The zero-order valence-electron chi connectivity index (χ0n) is 10.7. The molecule has 1 unspecified atom stereocenters. The summed E-state index contributed by atoms with van der Waals surface area (Å²) in [5, 5.41) is 3.96. The van der Waals surface area contributed by atoms with E-state index in [1.165, 1.54) is 0 Å². The summed E-state index contributed by atoms with van der Waals surface area (Å²) in [7, 11) is 1.63. The Bertz CT molecular complexity index is 534. The standard InChI is InChI=1S/C12H16N4O2/c1-4-12(2,17-3)11-15-10(18-16-11)8-5-6-14-9(13)7-8/h5-7H,4H2,1-3H3,(H2,13,14). The molecule has 1 atom stereocenters. The number of methoxy groups -OCH3 is 1. The van der Waals surface area contributed by atoms with Gasteiger partial charge in [0, 0.05) is 18.9 Å². The second kappa shape index (κ2) is 4.73. The molecule has 0 aromatic carbocycles. The Morgan fingerprint density at radius 2 is 2.28 bits per heavy atom. The fourth-order valence-electron chi connectivity index (χ4n) is 1.53. The Morgan fingerprint density at radius 3 is 2.89 bits per heavy atom. The Kier molecular flexibility index (Phi) is 3.29. The quantitative estimate of drug-likeness (QED) is 0.890. The van der Waals surface area contributed by atoms with Crippen LogP contribution in [0.4, 0.5) is 5.82 Å². The molecule has 6 heteroatoms. The first-order chi connectivity index (χ1) is 8.59. The number of rotatable bonds is 4. The molecule has 6 nitrogen and oxygen atoms in total. The lowest BCUT2D eigenvalue weighted by atomic mass is 10.0. The number of nitrogens with two attached hydrogens (primary N) is 1. The van der Waals surface area contributed by atoms with Gasteiger partial charge in [-0.25, -0.2) is 4.98 Å². The SMILES string of the molecule is CCC(C)(OC)c1noc(-c2ccnc(N)c2)n1. The number of hydrogen-bond donors (Lipinski definition) is 1. The lowest BCUT2D eigenvalue weighted by Gasteiger charge is -2.21. The number of nitrogens with zero attached hydrogens (tertiary/aromatic N) is 3. The molecular formula is C12H16N4O2. The molecular weight excluding hydrogens is 232 g/mol. The van der Waals surface area contributed by atoms with Crippen molar-refractivity contribution >= 4 is 5.82 Å². The Morgan fingerprint density at radius 1 is 1.50 bits per heavy atom. The first-order valence-electron chi connectivity index (χ1n) is 5.70. The minimum atomic E-state index is -0.541. The third kappa shape index (κ3) is 2.19. The van der Waals surface area contributed by atoms with Crippen molar-refractivity contribution in [1.82, 2.24) is 15.1 Å². The van der Waals surface area contributed by atoms with E-state index in [4.69, 9.17) is 15.0 Å². The smallest absolute Gasteiger partial charge is 0.258 e. The summed E-state index contributed by atoms with van der Waals surface area (Å²) in [5.41, 5.74) is 5.82. The normalized spacial score (nSPS) is 14.4. The van der Waals surface area contributed by atoms with Gasteiger partial charge in [0.25, 0.3) is 5.89 Å². The third-order valence-electron chi connectivity index (χ3n) is 3.05. The highest BCUT2D eigenvalue weighted by atomic mass is 16.5. The van der Waals surface area contributed by atoms with Gasteiger partial charge in [0.15, 0.2) is 0 Å². The average Bonchev–Trinajstić information content (AvgIpc) is 2.88. The Hall–Kier alpha value is -1.95. The minimum Gasteiger partial charge on any atom is -0.384 e. The number of anilines is 1. The van der Waals surface area contributed by atoms with Gasteiger partial charge in [-0.1, -0.05) is 12.1 Å². The van der Waals surface area contributed by atoms with E-state index in [1.807, 2.05) is 13.8 Å². The van der Waals surface area contributed by atoms with Crippen LogP contribution in [-0.4, -0.2) is 22.2 Å². The largest absolute Gasteiger partial charge is 0.384 e. The van der Waals surface area contributed by atoms with Gasteiger partial charge in [-0.05, 0) is 25.5 Å². The third-order valence-corrected chi connectivity index (χ3v) is 3.05. The second-order valence-corrected chi connectivity index (χ2v) is 4.18. The van der Waals surface area contributed by atoms with Gasteiger partial charge in [0.2, 0.25) is 5.82 Å². The van der Waals surface area contributed by atoms with Crippen LogP contribution in [0.5, 0.6) is 0 Å². The fraction of sp³-hybridized carbons (Fsp3) is 0.417. The van der Waals surface area contributed by atoms with Crippen molar-refractivity contribution in [3.8, 4) is 11.5 Å². The summed E-state index contributed by atoms with van der Waals surface area (Å²) in [6, 6.07) is 3.46. The van der Waals surface area contributed by atoms with E-state index in [-0.39, 0.29) is 0 Å². The summed E-state index contributed by atoms with van der Waals surface area (Å²) >= 11 is 0. The van der Waals surface area contributed by atoms with Gasteiger partial charge in [-0.3, -0.25) is 0 Å². The summed E-state index contributed by atoms with van der Waals surface area (Å²) in [5.74, 6) is 1.35. The van der Waals surface area contributed by atoms with E-state index in [0.29, 0.717) is 17.5 Å². The molecule has 18 heavy (non-hydrogen) atoms. The first kappa shape index (κ1) is 12.5. The predicted octanol–water partition coefficient (Wildman–Crippen LogP) is 1.99. The average molecular weight is 248 g/mol. The molecule has 0 aliphatic rings. The van der Waals surface area contributed by atoms with Crippen molar-refractivity contribution in [1.29, 1.82) is 0 Å². The van der Waals surface area contributed by atoms with E-state index < -0.39 is 5.60 Å². The molecule has 96 valence electrons. The van der Waals surface area contributed by atoms with Crippen LogP contribution in [0.15, 0.2) is 22.9 Å². The zero-order valence-corrected chi connectivity index (χ0v) is 10.7. The molecule has 0 saturated carbocycles. The molecule has 2 aromatic heterocycles. The molecule has 2 heterocycles. The molecule has 0 aliphatic carbocycles. The highest BCUT2D eigenvalue weighted by molar-refractivity contribution is 5.56. The van der Waals surface area contributed by atoms with Crippen LogP contribution in [0.2, 0.25) is 0 Å². The minimum absolute atomic E-state index is 0.413. The van der Waals surface area contributed by atoms with Crippen LogP contribution in [0.1, 0.15) is 26.1 Å². The number of nitrogen functional groups attached to an aromatic ring is 1. The maximum atomic E-state index is 5.62. The Labute approximate surface area is 105 Å². The molecule has 0 radical (unpaired) electrons. The molecule has 0 fully saturated rings. The molecule has 0 aliphatic heterocycles. The van der Waals surface area contributed by atoms with Crippen molar-refractivity contribution in [2.24, 2.45) is 0 Å². The van der Waals surface area contributed by atoms with Crippen LogP contribution in [0, 0.1) is 0 Å². The van der Waals surface area contributed by atoms with E-state index in [1.54, 1.807) is 25.4 Å². The molecule has 2 aromatic rings. The number of ether oxygens (including phenoxy) is 1. The van der Waals surface area contributed by atoms with Crippen LogP contribution in [0.3, 0.4) is 0 Å². The first-order valence-corrected chi connectivity index (χ1v) is 5.70. The highest BCUT2D eigenvalue weighted by Crippen LogP contribution is 2.28. The van der Waals surface area contributed by atoms with Crippen LogP contribution < -0.4 is 5.73 Å². The lowest BCUT2D eigenvalue weighted by molar-refractivity contribution is -0.0106. The van der Waals surface area contributed by atoms with Crippen molar-refractivity contribution < 1.29 is 9.26 Å². The maximum absolute atomic E-state index is 5.62. The molecule has 0 bridgehead atoms. The predicted molar refractivity (Wildman–Crippen MR) is 66.6 cm³/mol. The second-order valence-electron chi connectivity index (χ2n) is 4.18. The van der Waals surface area contributed by atoms with Gasteiger partial charge in [-0.15, -0.1) is 0 Å². The summed E-state index contributed by atoms with van der Waals surface area (Å²) in [6.45, 7) is 3.92. The van der Waals surface area contributed by atoms with Crippen molar-refractivity contribution in [3.63, 3.8) is 0 Å². The van der Waals surface area contributed by atoms with Gasteiger partial charge < -0.3 is 15.0 Å². The maximum Gasteiger partial charge on any atom is 0.258 e. The van der Waals surface area contributed by atoms with Crippen molar-refractivity contribution in [3.05, 3.63) is 24.2 Å². The molecule has 0 spiro atoms. The van der Waals surface area contributed by atoms with Gasteiger partial charge >= 0.3 is 0 Å². The number of pyridine rings is 1. The molecule has 2 N–H and O–H groups in total. The molecule has 0 saturated heterocycles. The number of hydrogen-bond acceptors (Lipinski definition) is 6. The van der Waals surface area contributed by atoms with Crippen molar-refractivity contribution in [2.45, 2.75) is 25.9 Å². The number of aromatic nitrogens is 3. The van der Waals surface area contributed by atoms with Crippen LogP contribution in [0.25, 0.3) is 11.5 Å². The van der Waals surface area contributed by atoms with Gasteiger partial charge in [0.05, 0.1) is 0 Å².